The largest absolute Gasteiger partial charge is 0.289 e. The predicted octanol–water partition coefficient (Wildman–Crippen LogP) is 3.58. The second-order valence-electron chi connectivity index (χ2n) is 4.05. The maximum atomic E-state index is 11.9. The van der Waals surface area contributed by atoms with Crippen molar-refractivity contribution in [2.45, 2.75) is 13.8 Å². The van der Waals surface area contributed by atoms with Gasteiger partial charge in [0.15, 0.2) is 5.78 Å². The Morgan fingerprint density at radius 2 is 1.94 bits per heavy atom. The van der Waals surface area contributed by atoms with Gasteiger partial charge in [-0.25, -0.2) is 0 Å². The highest BCUT2D eigenvalue weighted by atomic mass is 35.5. The quantitative estimate of drug-likeness (QED) is 0.677. The van der Waals surface area contributed by atoms with Crippen LogP contribution in [0, 0.1) is 13.8 Å². The van der Waals surface area contributed by atoms with Gasteiger partial charge in [-0.3, -0.25) is 9.89 Å². The number of carbonyl (C=O) groups is 1. The molecule has 0 aliphatic heterocycles. The maximum absolute atomic E-state index is 11.9. The van der Waals surface area contributed by atoms with Crippen LogP contribution in [0.4, 0.5) is 0 Å². The average molecular weight is 261 g/mol. The van der Waals surface area contributed by atoms with Crippen molar-refractivity contribution >= 4 is 23.5 Å². The lowest BCUT2D eigenvalue weighted by Crippen LogP contribution is -1.93. The summed E-state index contributed by atoms with van der Waals surface area (Å²) in [5.41, 5.74) is 3.41. The minimum absolute atomic E-state index is 0.0494. The first-order valence-corrected chi connectivity index (χ1v) is 5.95. The topological polar surface area (TPSA) is 45.8 Å². The van der Waals surface area contributed by atoms with Gasteiger partial charge < -0.3 is 0 Å². The number of aromatic amines is 1. The van der Waals surface area contributed by atoms with E-state index in [-0.39, 0.29) is 5.78 Å². The van der Waals surface area contributed by atoms with Gasteiger partial charge in [-0.15, -0.1) is 0 Å². The van der Waals surface area contributed by atoms with E-state index in [1.54, 1.807) is 36.4 Å². The Hall–Kier alpha value is -1.87. The molecule has 0 saturated carbocycles. The van der Waals surface area contributed by atoms with Gasteiger partial charge in [-0.1, -0.05) is 11.6 Å². The summed E-state index contributed by atoms with van der Waals surface area (Å²) in [6.07, 6.45) is 3.33. The standard InChI is InChI=1S/C14H13ClN2O/c1-9-13(10(2)17-16-9)7-8-14(18)11-3-5-12(15)6-4-11/h3-8H,1-2H3,(H,16,17)/b8-7+. The van der Waals surface area contributed by atoms with Gasteiger partial charge >= 0.3 is 0 Å². The van der Waals surface area contributed by atoms with E-state index < -0.39 is 0 Å². The van der Waals surface area contributed by atoms with E-state index in [4.69, 9.17) is 11.6 Å². The normalized spacial score (nSPS) is 11.1. The Balaban J connectivity index is 2.19. The number of hydrogen-bond donors (Lipinski definition) is 1. The zero-order valence-corrected chi connectivity index (χ0v) is 11.0. The smallest absolute Gasteiger partial charge is 0.185 e. The molecule has 2 rings (SSSR count). The molecule has 1 heterocycles. The van der Waals surface area contributed by atoms with Crippen molar-refractivity contribution in [1.82, 2.24) is 10.2 Å². The first-order valence-electron chi connectivity index (χ1n) is 5.57. The number of aromatic nitrogens is 2. The summed E-state index contributed by atoms with van der Waals surface area (Å²) >= 11 is 5.77. The lowest BCUT2D eigenvalue weighted by atomic mass is 10.1. The van der Waals surface area contributed by atoms with Gasteiger partial charge in [0.1, 0.15) is 0 Å². The predicted molar refractivity (Wildman–Crippen MR) is 72.9 cm³/mol. The molecule has 0 aliphatic rings. The number of ketones is 1. The van der Waals surface area contributed by atoms with E-state index in [0.717, 1.165) is 17.0 Å². The van der Waals surface area contributed by atoms with Crippen LogP contribution >= 0.6 is 11.6 Å². The van der Waals surface area contributed by atoms with Crippen LogP contribution in [0.5, 0.6) is 0 Å². The molecule has 4 heteroatoms. The average Bonchev–Trinajstić information content (AvgIpc) is 2.67. The van der Waals surface area contributed by atoms with Crippen LogP contribution in [0.1, 0.15) is 27.3 Å². The van der Waals surface area contributed by atoms with Gasteiger partial charge in [-0.05, 0) is 50.3 Å². The first-order chi connectivity index (χ1) is 8.58. The fourth-order valence-electron chi connectivity index (χ4n) is 1.67. The number of carbonyl (C=O) groups excluding carboxylic acids is 1. The molecule has 0 aliphatic carbocycles. The number of nitrogens with one attached hydrogen (secondary N) is 1. The molecular formula is C14H13ClN2O. The molecule has 0 amide bonds. The van der Waals surface area contributed by atoms with Crippen LogP contribution < -0.4 is 0 Å². The van der Waals surface area contributed by atoms with E-state index in [9.17, 15) is 4.79 Å². The van der Waals surface area contributed by atoms with Crippen molar-refractivity contribution < 1.29 is 4.79 Å². The number of hydrogen-bond acceptors (Lipinski definition) is 2. The fraction of sp³-hybridized carbons (Fsp3) is 0.143. The first kappa shape index (κ1) is 12.6. The molecular weight excluding hydrogens is 248 g/mol. The van der Waals surface area contributed by atoms with Crippen molar-refractivity contribution in [2.75, 3.05) is 0 Å². The van der Waals surface area contributed by atoms with E-state index >= 15 is 0 Å². The fourth-order valence-corrected chi connectivity index (χ4v) is 1.80. The molecule has 0 spiro atoms. The van der Waals surface area contributed by atoms with Crippen molar-refractivity contribution in [2.24, 2.45) is 0 Å². The Morgan fingerprint density at radius 1 is 1.28 bits per heavy atom. The molecule has 1 aromatic heterocycles. The number of allylic oxidation sites excluding steroid dienone is 1. The van der Waals surface area contributed by atoms with E-state index in [1.165, 1.54) is 0 Å². The SMILES string of the molecule is Cc1n[nH]c(C)c1/C=C/C(=O)c1ccc(Cl)cc1. The summed E-state index contributed by atoms with van der Waals surface area (Å²) in [6.45, 7) is 3.82. The molecule has 0 bridgehead atoms. The second kappa shape index (κ2) is 5.19. The number of H-pyrrole nitrogens is 1. The van der Waals surface area contributed by atoms with Crippen LogP contribution in [0.15, 0.2) is 30.3 Å². The summed E-state index contributed by atoms with van der Waals surface area (Å²) in [7, 11) is 0. The second-order valence-corrected chi connectivity index (χ2v) is 4.49. The molecule has 0 radical (unpaired) electrons. The van der Waals surface area contributed by atoms with Crippen molar-refractivity contribution in [3.05, 3.63) is 57.9 Å². The molecule has 1 aromatic carbocycles. The summed E-state index contributed by atoms with van der Waals surface area (Å²) < 4.78 is 0. The lowest BCUT2D eigenvalue weighted by Gasteiger charge is -1.96. The highest BCUT2D eigenvalue weighted by Gasteiger charge is 2.04. The van der Waals surface area contributed by atoms with Gasteiger partial charge in [0.2, 0.25) is 0 Å². The maximum Gasteiger partial charge on any atom is 0.185 e. The highest BCUT2D eigenvalue weighted by Crippen LogP contribution is 2.13. The van der Waals surface area contributed by atoms with Crippen LogP contribution in [-0.2, 0) is 0 Å². The monoisotopic (exact) mass is 260 g/mol. The van der Waals surface area contributed by atoms with E-state index in [0.29, 0.717) is 10.6 Å². The lowest BCUT2D eigenvalue weighted by molar-refractivity contribution is 0.104. The minimum atomic E-state index is -0.0494. The number of rotatable bonds is 3. The zero-order chi connectivity index (χ0) is 13.1. The summed E-state index contributed by atoms with van der Waals surface area (Å²) in [6, 6.07) is 6.84. The molecule has 1 N–H and O–H groups in total. The summed E-state index contributed by atoms with van der Waals surface area (Å²) in [4.78, 5) is 11.9. The number of halogens is 1. The molecule has 0 fully saturated rings. The van der Waals surface area contributed by atoms with Crippen LogP contribution in [0.25, 0.3) is 6.08 Å². The van der Waals surface area contributed by atoms with Gasteiger partial charge in [0, 0.05) is 21.8 Å². The Morgan fingerprint density at radius 3 is 2.50 bits per heavy atom. The van der Waals surface area contributed by atoms with Crippen LogP contribution in [0.2, 0.25) is 5.02 Å². The van der Waals surface area contributed by atoms with Crippen molar-refractivity contribution in [3.8, 4) is 0 Å². The third-order valence-corrected chi connectivity index (χ3v) is 2.97. The highest BCUT2D eigenvalue weighted by molar-refractivity contribution is 6.30. The third kappa shape index (κ3) is 2.68. The Bertz CT molecular complexity index is 577. The van der Waals surface area contributed by atoms with Gasteiger partial charge in [0.25, 0.3) is 0 Å². The molecule has 0 saturated heterocycles. The summed E-state index contributed by atoms with van der Waals surface area (Å²) in [5, 5.41) is 7.57. The zero-order valence-electron chi connectivity index (χ0n) is 10.2. The number of benzene rings is 1. The van der Waals surface area contributed by atoms with Crippen molar-refractivity contribution in [1.29, 1.82) is 0 Å². The molecule has 0 unspecified atom stereocenters. The van der Waals surface area contributed by atoms with E-state index in [2.05, 4.69) is 10.2 Å². The Labute approximate surface area is 110 Å². The minimum Gasteiger partial charge on any atom is -0.289 e. The summed E-state index contributed by atoms with van der Waals surface area (Å²) in [5.74, 6) is -0.0494. The van der Waals surface area contributed by atoms with E-state index in [1.807, 2.05) is 13.8 Å². The van der Waals surface area contributed by atoms with Crippen LogP contribution in [-0.4, -0.2) is 16.0 Å². The molecule has 18 heavy (non-hydrogen) atoms. The van der Waals surface area contributed by atoms with Gasteiger partial charge in [-0.2, -0.15) is 5.10 Å². The molecule has 0 atom stereocenters. The number of aryl methyl sites for hydroxylation is 2. The number of nitrogens with zero attached hydrogens (tertiary/aromatic N) is 1. The van der Waals surface area contributed by atoms with Crippen molar-refractivity contribution in [3.63, 3.8) is 0 Å². The molecule has 3 nitrogen and oxygen atoms in total. The molecule has 92 valence electrons. The third-order valence-electron chi connectivity index (χ3n) is 2.72. The van der Waals surface area contributed by atoms with Crippen LogP contribution in [0.3, 0.4) is 0 Å². The molecule has 2 aromatic rings. The van der Waals surface area contributed by atoms with Gasteiger partial charge in [0.05, 0.1) is 5.69 Å². The Kier molecular flexibility index (Phi) is 3.63.